The molecule has 0 atom stereocenters. The van der Waals surface area contributed by atoms with Gasteiger partial charge in [-0.15, -0.1) is 0 Å². The van der Waals surface area contributed by atoms with Gasteiger partial charge >= 0.3 is 5.97 Å². The fourth-order valence-electron chi connectivity index (χ4n) is 3.11. The standard InChI is InChI=1S/C23H27N3O6S/c1-3-30-22(27)16-26(33(24,28)29)15-18-9-11-20(12-10-18)31-14-13-21-17(2)32-23(25-21)19-7-5-4-6-8-19/h4-12H,3,13-16H2,1-2H3,(H2,24,28,29). The summed E-state index contributed by atoms with van der Waals surface area (Å²) in [6.45, 7) is 3.56. The van der Waals surface area contributed by atoms with Gasteiger partial charge in [-0.05, 0) is 43.7 Å². The molecular weight excluding hydrogens is 446 g/mol. The van der Waals surface area contributed by atoms with Gasteiger partial charge in [-0.2, -0.15) is 12.7 Å². The van der Waals surface area contributed by atoms with Crippen LogP contribution >= 0.6 is 0 Å². The Balaban J connectivity index is 1.55. The fourth-order valence-corrected chi connectivity index (χ4v) is 3.73. The predicted molar refractivity (Wildman–Crippen MR) is 122 cm³/mol. The second kappa shape index (κ2) is 11.1. The van der Waals surface area contributed by atoms with Crippen LogP contribution < -0.4 is 9.88 Å². The Hall–Kier alpha value is -3.21. The number of hydrogen-bond acceptors (Lipinski definition) is 7. The van der Waals surface area contributed by atoms with Crippen molar-refractivity contribution in [3.8, 4) is 17.2 Å². The van der Waals surface area contributed by atoms with E-state index in [1.807, 2.05) is 37.3 Å². The second-order valence-corrected chi connectivity index (χ2v) is 8.79. The Morgan fingerprint density at radius 2 is 1.82 bits per heavy atom. The van der Waals surface area contributed by atoms with Gasteiger partial charge in [-0.3, -0.25) is 4.79 Å². The van der Waals surface area contributed by atoms with Crippen molar-refractivity contribution in [2.24, 2.45) is 5.14 Å². The molecule has 3 rings (SSSR count). The molecule has 0 unspecified atom stereocenters. The van der Waals surface area contributed by atoms with Gasteiger partial charge in [0.1, 0.15) is 18.1 Å². The maximum Gasteiger partial charge on any atom is 0.321 e. The van der Waals surface area contributed by atoms with E-state index in [2.05, 4.69) is 4.98 Å². The minimum Gasteiger partial charge on any atom is -0.493 e. The van der Waals surface area contributed by atoms with E-state index in [0.717, 1.165) is 21.3 Å². The first-order valence-corrected chi connectivity index (χ1v) is 11.9. The van der Waals surface area contributed by atoms with Crippen LogP contribution in [0.15, 0.2) is 59.0 Å². The number of nitrogens with two attached hydrogens (primary N) is 1. The molecule has 0 bridgehead atoms. The van der Waals surface area contributed by atoms with E-state index in [-0.39, 0.29) is 13.2 Å². The molecule has 176 valence electrons. The zero-order chi connectivity index (χ0) is 23.8. The Labute approximate surface area is 193 Å². The van der Waals surface area contributed by atoms with Crippen LogP contribution in [-0.2, 0) is 32.7 Å². The van der Waals surface area contributed by atoms with Crippen LogP contribution in [0.4, 0.5) is 0 Å². The van der Waals surface area contributed by atoms with Crippen LogP contribution in [0.5, 0.6) is 5.75 Å². The number of carbonyl (C=O) groups excluding carboxylic acids is 1. The predicted octanol–water partition coefficient (Wildman–Crippen LogP) is 2.84. The molecule has 3 aromatic rings. The second-order valence-electron chi connectivity index (χ2n) is 7.25. The molecular formula is C23H27N3O6S. The van der Waals surface area contributed by atoms with Crippen molar-refractivity contribution in [1.82, 2.24) is 9.29 Å². The van der Waals surface area contributed by atoms with Crippen LogP contribution in [0.25, 0.3) is 11.5 Å². The van der Waals surface area contributed by atoms with Crippen molar-refractivity contribution >= 4 is 16.2 Å². The average Bonchev–Trinajstić information content (AvgIpc) is 3.15. The number of hydrogen-bond donors (Lipinski definition) is 1. The molecule has 0 saturated heterocycles. The van der Waals surface area contributed by atoms with Crippen molar-refractivity contribution in [1.29, 1.82) is 0 Å². The van der Waals surface area contributed by atoms with E-state index in [0.29, 0.717) is 30.2 Å². The third-order valence-corrected chi connectivity index (χ3v) is 5.75. The first-order valence-electron chi connectivity index (χ1n) is 10.4. The molecule has 0 aliphatic rings. The van der Waals surface area contributed by atoms with Crippen LogP contribution in [-0.4, -0.2) is 43.4 Å². The molecule has 2 N–H and O–H groups in total. The van der Waals surface area contributed by atoms with Crippen LogP contribution in [0.1, 0.15) is 23.9 Å². The molecule has 1 heterocycles. The lowest BCUT2D eigenvalue weighted by Crippen LogP contribution is -2.40. The molecule has 0 fully saturated rings. The number of rotatable bonds is 11. The SMILES string of the molecule is CCOC(=O)CN(Cc1ccc(OCCc2nc(-c3ccccc3)oc2C)cc1)S(N)(=O)=O. The Kier molecular flexibility index (Phi) is 8.21. The summed E-state index contributed by atoms with van der Waals surface area (Å²) in [5, 5.41) is 5.23. The van der Waals surface area contributed by atoms with Gasteiger partial charge < -0.3 is 13.9 Å². The van der Waals surface area contributed by atoms with Crippen molar-refractivity contribution in [3.05, 3.63) is 71.6 Å². The van der Waals surface area contributed by atoms with E-state index >= 15 is 0 Å². The number of benzene rings is 2. The molecule has 1 aromatic heterocycles. The number of oxazole rings is 1. The highest BCUT2D eigenvalue weighted by molar-refractivity contribution is 7.86. The van der Waals surface area contributed by atoms with Crippen molar-refractivity contribution in [3.63, 3.8) is 0 Å². The van der Waals surface area contributed by atoms with E-state index < -0.39 is 22.7 Å². The summed E-state index contributed by atoms with van der Waals surface area (Å²) in [7, 11) is -4.07. The average molecular weight is 474 g/mol. The molecule has 9 nitrogen and oxygen atoms in total. The topological polar surface area (TPSA) is 125 Å². The summed E-state index contributed by atoms with van der Waals surface area (Å²) in [5.41, 5.74) is 2.40. The first kappa shape index (κ1) is 24.4. The van der Waals surface area contributed by atoms with Gasteiger partial charge in [0.25, 0.3) is 10.2 Å². The fraction of sp³-hybridized carbons (Fsp3) is 0.304. The Morgan fingerprint density at radius 3 is 2.45 bits per heavy atom. The molecule has 0 amide bonds. The number of esters is 1. The van der Waals surface area contributed by atoms with Crippen LogP contribution in [0.2, 0.25) is 0 Å². The summed E-state index contributed by atoms with van der Waals surface area (Å²) in [6.07, 6.45) is 0.572. The van der Waals surface area contributed by atoms with Gasteiger partial charge in [-0.25, -0.2) is 10.1 Å². The van der Waals surface area contributed by atoms with Gasteiger partial charge in [-0.1, -0.05) is 30.3 Å². The highest BCUT2D eigenvalue weighted by atomic mass is 32.2. The van der Waals surface area contributed by atoms with Gasteiger partial charge in [0.2, 0.25) is 5.89 Å². The molecule has 2 aromatic carbocycles. The zero-order valence-electron chi connectivity index (χ0n) is 18.6. The number of carbonyl (C=O) groups is 1. The first-order chi connectivity index (χ1) is 15.8. The minimum absolute atomic E-state index is 0.0572. The van der Waals surface area contributed by atoms with Gasteiger partial charge in [0.05, 0.1) is 18.9 Å². The lowest BCUT2D eigenvalue weighted by Gasteiger charge is -2.18. The number of nitrogens with zero attached hydrogens (tertiary/aromatic N) is 2. The summed E-state index contributed by atoms with van der Waals surface area (Å²) in [4.78, 5) is 16.2. The maximum absolute atomic E-state index is 11.8. The summed E-state index contributed by atoms with van der Waals surface area (Å²) >= 11 is 0. The number of aromatic nitrogens is 1. The molecule has 0 aliphatic heterocycles. The van der Waals surface area contributed by atoms with E-state index in [1.165, 1.54) is 0 Å². The van der Waals surface area contributed by atoms with Crippen molar-refractivity contribution < 1.29 is 27.1 Å². The molecule has 10 heteroatoms. The Morgan fingerprint density at radius 1 is 1.12 bits per heavy atom. The molecule has 0 spiro atoms. The third-order valence-electron chi connectivity index (χ3n) is 4.77. The summed E-state index contributed by atoms with van der Waals surface area (Å²) in [5.74, 6) is 1.29. The zero-order valence-corrected chi connectivity index (χ0v) is 19.4. The van der Waals surface area contributed by atoms with E-state index in [9.17, 15) is 13.2 Å². The summed E-state index contributed by atoms with van der Waals surface area (Å²) < 4.78 is 40.8. The largest absolute Gasteiger partial charge is 0.493 e. The highest BCUT2D eigenvalue weighted by Gasteiger charge is 2.22. The smallest absolute Gasteiger partial charge is 0.321 e. The molecule has 33 heavy (non-hydrogen) atoms. The van der Waals surface area contributed by atoms with Crippen molar-refractivity contribution in [2.45, 2.75) is 26.8 Å². The lowest BCUT2D eigenvalue weighted by molar-refractivity contribution is -0.143. The number of ether oxygens (including phenoxy) is 2. The number of aryl methyl sites for hydroxylation is 1. The van der Waals surface area contributed by atoms with Crippen LogP contribution in [0, 0.1) is 6.92 Å². The van der Waals surface area contributed by atoms with E-state index in [1.54, 1.807) is 31.2 Å². The summed E-state index contributed by atoms with van der Waals surface area (Å²) in [6, 6.07) is 16.6. The quantitative estimate of drug-likeness (QED) is 0.425. The molecule has 0 radical (unpaired) electrons. The Bertz CT molecular complexity index is 1160. The lowest BCUT2D eigenvalue weighted by atomic mass is 10.2. The van der Waals surface area contributed by atoms with Crippen LogP contribution in [0.3, 0.4) is 0 Å². The minimum atomic E-state index is -4.07. The van der Waals surface area contributed by atoms with Crippen molar-refractivity contribution in [2.75, 3.05) is 19.8 Å². The monoisotopic (exact) mass is 473 g/mol. The molecule has 0 aliphatic carbocycles. The highest BCUT2D eigenvalue weighted by Crippen LogP contribution is 2.22. The normalized spacial score (nSPS) is 11.5. The maximum atomic E-state index is 11.8. The van der Waals surface area contributed by atoms with Gasteiger partial charge in [0.15, 0.2) is 0 Å². The third kappa shape index (κ3) is 7.14. The molecule has 0 saturated carbocycles. The van der Waals surface area contributed by atoms with E-state index in [4.69, 9.17) is 19.0 Å². The van der Waals surface area contributed by atoms with Gasteiger partial charge in [0, 0.05) is 18.5 Å².